The summed E-state index contributed by atoms with van der Waals surface area (Å²) in [4.78, 5) is -0.150. The van der Waals surface area contributed by atoms with E-state index in [9.17, 15) is 13.5 Å². The molecule has 2 aromatic rings. The molecule has 0 radical (unpaired) electrons. The fraction of sp³-hybridized carbons (Fsp3) is 0.0769. The van der Waals surface area contributed by atoms with Gasteiger partial charge in [0.2, 0.25) is 0 Å². The molecule has 2 aromatic carbocycles. The van der Waals surface area contributed by atoms with Crippen LogP contribution in [0.5, 0.6) is 5.75 Å². The smallest absolute Gasteiger partial charge is 0.265 e. The monoisotopic (exact) mass is 341 g/mol. The molecule has 6 heteroatoms. The van der Waals surface area contributed by atoms with Gasteiger partial charge in [-0.25, -0.2) is 8.42 Å². The van der Waals surface area contributed by atoms with Crippen LogP contribution in [0.15, 0.2) is 51.8 Å². The van der Waals surface area contributed by atoms with Crippen LogP contribution in [0.25, 0.3) is 0 Å². The average molecular weight is 342 g/mol. The van der Waals surface area contributed by atoms with Gasteiger partial charge in [-0.15, -0.1) is 0 Å². The van der Waals surface area contributed by atoms with Crippen molar-refractivity contribution in [2.75, 3.05) is 4.72 Å². The molecule has 0 aliphatic heterocycles. The van der Waals surface area contributed by atoms with E-state index >= 15 is 0 Å². The second kappa shape index (κ2) is 5.22. The van der Waals surface area contributed by atoms with Gasteiger partial charge in [0.15, 0.2) is 0 Å². The first-order valence-corrected chi connectivity index (χ1v) is 7.75. The zero-order valence-corrected chi connectivity index (χ0v) is 12.5. The number of phenols is 1. The molecule has 0 heterocycles. The number of aromatic hydroxyl groups is 1. The highest BCUT2D eigenvalue weighted by atomic mass is 79.9. The molecule has 2 N–H and O–H groups in total. The maximum absolute atomic E-state index is 12.2. The lowest BCUT2D eigenvalue weighted by atomic mass is 10.2. The van der Waals surface area contributed by atoms with Gasteiger partial charge in [0, 0.05) is 4.47 Å². The van der Waals surface area contributed by atoms with Crippen molar-refractivity contribution in [1.82, 2.24) is 0 Å². The van der Waals surface area contributed by atoms with Gasteiger partial charge in [-0.3, -0.25) is 4.72 Å². The number of halogens is 1. The van der Waals surface area contributed by atoms with Gasteiger partial charge in [0.05, 0.1) is 5.69 Å². The number of para-hydroxylation sites is 1. The number of nitrogens with one attached hydrogen (secondary N) is 1. The van der Waals surface area contributed by atoms with E-state index in [1.54, 1.807) is 24.3 Å². The van der Waals surface area contributed by atoms with E-state index < -0.39 is 10.0 Å². The predicted octanol–water partition coefficient (Wildman–Crippen LogP) is 3.26. The largest absolute Gasteiger partial charge is 0.507 e. The minimum atomic E-state index is -3.81. The van der Waals surface area contributed by atoms with Crippen molar-refractivity contribution in [2.45, 2.75) is 11.8 Å². The zero-order valence-electron chi connectivity index (χ0n) is 10.1. The van der Waals surface area contributed by atoms with E-state index in [4.69, 9.17) is 0 Å². The Morgan fingerprint density at radius 2 is 1.84 bits per heavy atom. The number of hydrogen-bond donors (Lipinski definition) is 2. The molecule has 0 aliphatic carbocycles. The van der Waals surface area contributed by atoms with E-state index in [0.717, 1.165) is 5.56 Å². The molecule has 0 bridgehead atoms. The van der Waals surface area contributed by atoms with E-state index in [1.807, 2.05) is 13.0 Å². The number of rotatable bonds is 3. The third-order valence-corrected chi connectivity index (χ3v) is 4.59. The summed E-state index contributed by atoms with van der Waals surface area (Å²) in [5.74, 6) is -0.279. The molecule has 0 fully saturated rings. The molecule has 0 saturated carbocycles. The Balaban J connectivity index is 2.40. The van der Waals surface area contributed by atoms with E-state index in [2.05, 4.69) is 20.7 Å². The van der Waals surface area contributed by atoms with Gasteiger partial charge < -0.3 is 5.11 Å². The first kappa shape index (κ1) is 13.9. The van der Waals surface area contributed by atoms with Crippen LogP contribution in [0.4, 0.5) is 5.69 Å². The van der Waals surface area contributed by atoms with Crippen molar-refractivity contribution < 1.29 is 13.5 Å². The molecule has 0 amide bonds. The number of phenolic OH excluding ortho intramolecular Hbond substituents is 1. The summed E-state index contributed by atoms with van der Waals surface area (Å²) >= 11 is 3.30. The normalized spacial score (nSPS) is 11.3. The SMILES string of the molecule is Cc1ccc(NS(=O)(=O)c2ccccc2O)c(Br)c1. The summed E-state index contributed by atoms with van der Waals surface area (Å²) in [6.07, 6.45) is 0. The lowest BCUT2D eigenvalue weighted by Gasteiger charge is -2.11. The van der Waals surface area contributed by atoms with Crippen molar-refractivity contribution in [3.05, 3.63) is 52.5 Å². The van der Waals surface area contributed by atoms with E-state index in [1.165, 1.54) is 12.1 Å². The number of benzene rings is 2. The van der Waals surface area contributed by atoms with E-state index in [0.29, 0.717) is 10.2 Å². The molecule has 2 rings (SSSR count). The summed E-state index contributed by atoms with van der Waals surface area (Å²) in [6, 6.07) is 11.1. The third kappa shape index (κ3) is 3.08. The Hall–Kier alpha value is -1.53. The van der Waals surface area contributed by atoms with Crippen LogP contribution in [-0.2, 0) is 10.0 Å². The highest BCUT2D eigenvalue weighted by Crippen LogP contribution is 2.28. The first-order valence-electron chi connectivity index (χ1n) is 5.47. The topological polar surface area (TPSA) is 66.4 Å². The highest BCUT2D eigenvalue weighted by Gasteiger charge is 2.19. The molecule has 0 saturated heterocycles. The molecule has 0 aromatic heterocycles. The summed E-state index contributed by atoms with van der Waals surface area (Å²) in [5.41, 5.74) is 1.44. The number of sulfonamides is 1. The fourth-order valence-electron chi connectivity index (χ4n) is 1.59. The Labute approximate surface area is 120 Å². The Morgan fingerprint density at radius 3 is 2.47 bits per heavy atom. The Bertz CT molecular complexity index is 714. The minimum absolute atomic E-state index is 0.150. The van der Waals surface area contributed by atoms with Crippen molar-refractivity contribution in [2.24, 2.45) is 0 Å². The first-order chi connectivity index (χ1) is 8.90. The molecular formula is C13H12BrNO3S. The van der Waals surface area contributed by atoms with Crippen LogP contribution in [-0.4, -0.2) is 13.5 Å². The van der Waals surface area contributed by atoms with Crippen LogP contribution < -0.4 is 4.72 Å². The predicted molar refractivity (Wildman–Crippen MR) is 77.8 cm³/mol. The molecule has 19 heavy (non-hydrogen) atoms. The average Bonchev–Trinajstić information content (AvgIpc) is 2.33. The second-order valence-corrected chi connectivity index (χ2v) is 6.56. The summed E-state index contributed by atoms with van der Waals surface area (Å²) in [5, 5.41) is 9.61. The quantitative estimate of drug-likeness (QED) is 0.900. The van der Waals surface area contributed by atoms with E-state index in [-0.39, 0.29) is 10.6 Å². The van der Waals surface area contributed by atoms with Crippen molar-refractivity contribution >= 4 is 31.6 Å². The molecule has 0 spiro atoms. The van der Waals surface area contributed by atoms with Gasteiger partial charge >= 0.3 is 0 Å². The Kier molecular flexibility index (Phi) is 3.82. The van der Waals surface area contributed by atoms with Gasteiger partial charge in [-0.1, -0.05) is 18.2 Å². The zero-order chi connectivity index (χ0) is 14.0. The number of hydrogen-bond acceptors (Lipinski definition) is 3. The lowest BCUT2D eigenvalue weighted by Crippen LogP contribution is -2.13. The van der Waals surface area contributed by atoms with Crippen LogP contribution in [0.3, 0.4) is 0 Å². The fourth-order valence-corrected chi connectivity index (χ4v) is 3.49. The number of aryl methyl sites for hydroxylation is 1. The number of anilines is 1. The van der Waals surface area contributed by atoms with Gasteiger partial charge in [0.25, 0.3) is 10.0 Å². The van der Waals surface area contributed by atoms with Crippen molar-refractivity contribution in [3.63, 3.8) is 0 Å². The minimum Gasteiger partial charge on any atom is -0.507 e. The van der Waals surface area contributed by atoms with Gasteiger partial charge in [0.1, 0.15) is 10.6 Å². The van der Waals surface area contributed by atoms with Crippen molar-refractivity contribution in [1.29, 1.82) is 0 Å². The van der Waals surface area contributed by atoms with Crippen LogP contribution in [0.2, 0.25) is 0 Å². The summed E-state index contributed by atoms with van der Waals surface area (Å²) in [6.45, 7) is 1.91. The maximum atomic E-state index is 12.2. The molecule has 0 unspecified atom stereocenters. The maximum Gasteiger partial charge on any atom is 0.265 e. The molecular weight excluding hydrogens is 330 g/mol. The standard InChI is InChI=1S/C13H12BrNO3S/c1-9-6-7-11(10(14)8-9)15-19(17,18)13-5-3-2-4-12(13)16/h2-8,15-16H,1H3. The molecule has 0 aliphatic rings. The van der Waals surface area contributed by atoms with Crippen molar-refractivity contribution in [3.8, 4) is 5.75 Å². The van der Waals surface area contributed by atoms with Gasteiger partial charge in [-0.05, 0) is 52.7 Å². The highest BCUT2D eigenvalue weighted by molar-refractivity contribution is 9.10. The summed E-state index contributed by atoms with van der Waals surface area (Å²) < 4.78 is 27.4. The Morgan fingerprint density at radius 1 is 1.16 bits per heavy atom. The molecule has 4 nitrogen and oxygen atoms in total. The molecule has 100 valence electrons. The van der Waals surface area contributed by atoms with Crippen LogP contribution in [0, 0.1) is 6.92 Å². The second-order valence-electron chi connectivity index (χ2n) is 4.06. The molecule has 0 atom stereocenters. The third-order valence-electron chi connectivity index (χ3n) is 2.52. The van der Waals surface area contributed by atoms with Gasteiger partial charge in [-0.2, -0.15) is 0 Å². The van der Waals surface area contributed by atoms with Crippen LogP contribution >= 0.6 is 15.9 Å². The van der Waals surface area contributed by atoms with Crippen LogP contribution in [0.1, 0.15) is 5.56 Å². The summed E-state index contributed by atoms with van der Waals surface area (Å²) in [7, 11) is -3.81. The lowest BCUT2D eigenvalue weighted by molar-refractivity contribution is 0.459.